The molecule has 11 nitrogen and oxygen atoms in total. The number of fused-ring (bicyclic) bond motifs is 1. The van der Waals surface area contributed by atoms with Crippen LogP contribution in [0.2, 0.25) is 0 Å². The fourth-order valence-electron chi connectivity index (χ4n) is 3.57. The quantitative estimate of drug-likeness (QED) is 0.386. The van der Waals surface area contributed by atoms with Crippen molar-refractivity contribution in [3.05, 3.63) is 66.7 Å². The molecule has 0 aliphatic carbocycles. The molecule has 0 aliphatic rings. The molecule has 0 fully saturated rings. The number of pyridine rings is 1. The topological polar surface area (TPSA) is 138 Å². The van der Waals surface area contributed by atoms with Gasteiger partial charge in [-0.2, -0.15) is 9.61 Å². The van der Waals surface area contributed by atoms with Crippen LogP contribution in [0, 0.1) is 5.82 Å². The number of nitrogens with one attached hydrogen (secondary N) is 1. The van der Waals surface area contributed by atoms with Gasteiger partial charge >= 0.3 is 6.09 Å². The first-order valence-electron chi connectivity index (χ1n) is 11.0. The van der Waals surface area contributed by atoms with E-state index in [1.165, 1.54) is 22.8 Å². The highest BCUT2D eigenvalue weighted by molar-refractivity contribution is 5.87. The van der Waals surface area contributed by atoms with E-state index in [1.54, 1.807) is 68.0 Å². The number of amides is 1. The Hall–Kier alpha value is -4.87. The zero-order chi connectivity index (χ0) is 25.4. The molecule has 3 N–H and O–H groups in total. The molecule has 12 heteroatoms. The molecule has 1 amide bonds. The Morgan fingerprint density at radius 1 is 1.03 bits per heavy atom. The molecule has 0 atom stereocenters. The van der Waals surface area contributed by atoms with Crippen molar-refractivity contribution >= 4 is 23.5 Å². The number of nitrogens with two attached hydrogens (primary N) is 1. The third kappa shape index (κ3) is 4.69. The molecule has 5 aromatic rings. The predicted molar refractivity (Wildman–Crippen MR) is 131 cm³/mol. The maximum absolute atomic E-state index is 14.3. The summed E-state index contributed by atoms with van der Waals surface area (Å²) in [5.41, 5.74) is 8.14. The summed E-state index contributed by atoms with van der Waals surface area (Å²) in [5, 5.41) is 19.4. The van der Waals surface area contributed by atoms with Gasteiger partial charge in [-0.1, -0.05) is 0 Å². The van der Waals surface area contributed by atoms with E-state index in [0.717, 1.165) is 0 Å². The Labute approximate surface area is 204 Å². The van der Waals surface area contributed by atoms with E-state index in [-0.39, 0.29) is 11.8 Å². The number of aromatic nitrogens is 7. The van der Waals surface area contributed by atoms with Crippen LogP contribution in [0.4, 0.5) is 21.0 Å². The van der Waals surface area contributed by atoms with Crippen LogP contribution in [0.1, 0.15) is 20.8 Å². The monoisotopic (exact) mass is 487 g/mol. The molecule has 1 aromatic carbocycles. The number of benzene rings is 1. The van der Waals surface area contributed by atoms with E-state index in [2.05, 4.69) is 30.7 Å². The zero-order valence-corrected chi connectivity index (χ0v) is 19.7. The van der Waals surface area contributed by atoms with Crippen molar-refractivity contribution < 1.29 is 13.9 Å². The summed E-state index contributed by atoms with van der Waals surface area (Å²) in [6.07, 6.45) is 2.63. The Morgan fingerprint density at radius 3 is 2.67 bits per heavy atom. The van der Waals surface area contributed by atoms with Crippen molar-refractivity contribution in [3.63, 3.8) is 0 Å². The van der Waals surface area contributed by atoms with Crippen molar-refractivity contribution in [1.82, 2.24) is 34.6 Å². The Bertz CT molecular complexity index is 1590. The third-order valence-electron chi connectivity index (χ3n) is 5.05. The number of nitrogens with zero attached hydrogens (tertiary/aromatic N) is 7. The lowest BCUT2D eigenvalue weighted by Crippen LogP contribution is -2.27. The summed E-state index contributed by atoms with van der Waals surface area (Å²) in [4.78, 5) is 16.3. The van der Waals surface area contributed by atoms with Gasteiger partial charge in [-0.3, -0.25) is 5.32 Å². The predicted octanol–water partition coefficient (Wildman–Crippen LogP) is 4.11. The lowest BCUT2D eigenvalue weighted by molar-refractivity contribution is 0.0635. The van der Waals surface area contributed by atoms with E-state index in [9.17, 15) is 9.18 Å². The molecule has 0 aliphatic heterocycles. The van der Waals surface area contributed by atoms with Gasteiger partial charge in [-0.15, -0.1) is 15.3 Å². The molecule has 0 unspecified atom stereocenters. The zero-order valence-electron chi connectivity index (χ0n) is 19.7. The lowest BCUT2D eigenvalue weighted by atomic mass is 9.98. The van der Waals surface area contributed by atoms with Gasteiger partial charge in [-0.05, 0) is 80.4 Å². The average molecular weight is 487 g/mol. The number of carbonyl (C=O) groups is 1. The summed E-state index contributed by atoms with van der Waals surface area (Å²) in [6, 6.07) is 13.0. The Kier molecular flexibility index (Phi) is 5.55. The minimum Gasteiger partial charge on any atom is -0.444 e. The van der Waals surface area contributed by atoms with Crippen molar-refractivity contribution in [3.8, 4) is 28.2 Å². The van der Waals surface area contributed by atoms with Gasteiger partial charge in [0.05, 0.1) is 5.69 Å². The first kappa shape index (κ1) is 22.9. The maximum atomic E-state index is 14.3. The lowest BCUT2D eigenvalue weighted by Gasteiger charge is -2.19. The molecule has 0 saturated carbocycles. The molecule has 4 heterocycles. The van der Waals surface area contributed by atoms with Crippen LogP contribution in [-0.2, 0) is 4.74 Å². The van der Waals surface area contributed by atoms with Crippen molar-refractivity contribution in [2.75, 3.05) is 11.1 Å². The summed E-state index contributed by atoms with van der Waals surface area (Å²) in [6.45, 7) is 5.30. The number of carbonyl (C=O) groups excluding carboxylic acids is 1. The number of hydrogen-bond donors (Lipinski definition) is 2. The van der Waals surface area contributed by atoms with Crippen LogP contribution >= 0.6 is 0 Å². The SMILES string of the molecule is CC(C)(C)OC(=O)Nc1cc(-c2cc(F)ccc2-c2ccn(-c3ccc4nnc(N)n4n3)n2)ccn1. The molecular formula is C24H22FN9O2. The number of halogens is 1. The second kappa shape index (κ2) is 8.73. The molecule has 0 saturated heterocycles. The average Bonchev–Trinajstić information content (AvgIpc) is 3.45. The standard InChI is InChI=1S/C24H22FN9O2/c1-24(2,3)36-23(35)28-19-12-14(8-10-27-19)17-13-15(25)4-5-16(17)18-9-11-33(31-18)21-7-6-20-29-30-22(26)34(20)32-21/h4-13H,1-3H3,(H2,26,30)(H,27,28,35). The van der Waals surface area contributed by atoms with Crippen LogP contribution in [0.15, 0.2) is 60.9 Å². The van der Waals surface area contributed by atoms with Crippen LogP contribution in [-0.4, -0.2) is 46.3 Å². The summed E-state index contributed by atoms with van der Waals surface area (Å²) in [5.74, 6) is 0.513. The molecular weight excluding hydrogens is 465 g/mol. The van der Waals surface area contributed by atoms with Crippen molar-refractivity contribution in [2.45, 2.75) is 26.4 Å². The maximum Gasteiger partial charge on any atom is 0.413 e. The Balaban J connectivity index is 1.49. The molecule has 182 valence electrons. The van der Waals surface area contributed by atoms with Crippen LogP contribution < -0.4 is 11.1 Å². The molecule has 36 heavy (non-hydrogen) atoms. The van der Waals surface area contributed by atoms with E-state index in [0.29, 0.717) is 33.8 Å². The fraction of sp³-hybridized carbons (Fsp3) is 0.167. The highest BCUT2D eigenvalue weighted by Gasteiger charge is 2.18. The van der Waals surface area contributed by atoms with Crippen LogP contribution in [0.25, 0.3) is 33.8 Å². The number of anilines is 2. The summed E-state index contributed by atoms with van der Waals surface area (Å²) < 4.78 is 22.6. The van der Waals surface area contributed by atoms with Gasteiger partial charge < -0.3 is 10.5 Å². The highest BCUT2D eigenvalue weighted by Crippen LogP contribution is 2.33. The second-order valence-corrected chi connectivity index (χ2v) is 8.91. The van der Waals surface area contributed by atoms with Crippen LogP contribution in [0.5, 0.6) is 0 Å². The van der Waals surface area contributed by atoms with Gasteiger partial charge in [0.1, 0.15) is 17.2 Å². The minimum atomic E-state index is -0.657. The van der Waals surface area contributed by atoms with E-state index in [4.69, 9.17) is 10.5 Å². The number of nitrogen functional groups attached to an aromatic ring is 1. The number of ether oxygens (including phenoxy) is 1. The molecule has 0 spiro atoms. The number of hydrogen-bond acceptors (Lipinski definition) is 8. The molecule has 4 aromatic heterocycles. The second-order valence-electron chi connectivity index (χ2n) is 8.91. The van der Waals surface area contributed by atoms with Gasteiger partial charge in [0, 0.05) is 18.0 Å². The van der Waals surface area contributed by atoms with E-state index in [1.807, 2.05) is 0 Å². The van der Waals surface area contributed by atoms with E-state index < -0.39 is 17.5 Å². The highest BCUT2D eigenvalue weighted by atomic mass is 19.1. The first-order chi connectivity index (χ1) is 17.2. The third-order valence-corrected chi connectivity index (χ3v) is 5.05. The summed E-state index contributed by atoms with van der Waals surface area (Å²) in [7, 11) is 0. The minimum absolute atomic E-state index is 0.161. The van der Waals surface area contributed by atoms with Crippen molar-refractivity contribution in [2.24, 2.45) is 0 Å². The van der Waals surface area contributed by atoms with Crippen molar-refractivity contribution in [1.29, 1.82) is 0 Å². The number of rotatable bonds is 4. The van der Waals surface area contributed by atoms with Gasteiger partial charge in [0.25, 0.3) is 0 Å². The Morgan fingerprint density at radius 2 is 1.86 bits per heavy atom. The molecule has 0 radical (unpaired) electrons. The fourth-order valence-corrected chi connectivity index (χ4v) is 3.57. The molecule has 0 bridgehead atoms. The largest absolute Gasteiger partial charge is 0.444 e. The van der Waals surface area contributed by atoms with E-state index >= 15 is 0 Å². The summed E-state index contributed by atoms with van der Waals surface area (Å²) >= 11 is 0. The normalized spacial score (nSPS) is 11.6. The van der Waals surface area contributed by atoms with Gasteiger partial charge in [0.15, 0.2) is 11.5 Å². The first-order valence-corrected chi connectivity index (χ1v) is 11.0. The van der Waals surface area contributed by atoms with Gasteiger partial charge in [-0.25, -0.2) is 18.9 Å². The smallest absolute Gasteiger partial charge is 0.413 e. The van der Waals surface area contributed by atoms with Crippen LogP contribution in [0.3, 0.4) is 0 Å². The van der Waals surface area contributed by atoms with Gasteiger partial charge in [0.2, 0.25) is 5.95 Å². The molecule has 5 rings (SSSR count).